The van der Waals surface area contributed by atoms with E-state index in [1.807, 2.05) is 0 Å². The topological polar surface area (TPSA) is 45.2 Å². The van der Waals surface area contributed by atoms with Crippen LogP contribution >= 0.6 is 0 Å². The molecule has 0 aliphatic rings. The number of pyridine rings is 1. The van der Waals surface area contributed by atoms with Crippen LogP contribution in [0.2, 0.25) is 0 Å². The van der Waals surface area contributed by atoms with E-state index in [0.29, 0.717) is 0 Å². The number of nitrogens with one attached hydrogen (secondary N) is 1. The van der Waals surface area contributed by atoms with Crippen molar-refractivity contribution in [2.24, 2.45) is 0 Å². The van der Waals surface area contributed by atoms with Gasteiger partial charge in [0, 0.05) is 33.1 Å². The minimum absolute atomic E-state index is 0.0482. The molecule has 1 N–H and O–H groups in total. The first-order valence-electron chi connectivity index (χ1n) is 4.76. The largest absolute Gasteiger partial charge is 0.367 e. The molecule has 1 aromatic rings. The monoisotopic (exact) mass is 229 g/mol. The molecule has 0 spiro atoms. The first kappa shape index (κ1) is 12.4. The van der Waals surface area contributed by atoms with E-state index < -0.39 is 11.6 Å². The van der Waals surface area contributed by atoms with E-state index in [1.165, 1.54) is 4.90 Å². The van der Waals surface area contributed by atoms with Gasteiger partial charge in [-0.05, 0) is 0 Å². The summed E-state index contributed by atoms with van der Waals surface area (Å²) >= 11 is 0. The maximum Gasteiger partial charge on any atom is 0.223 e. The normalized spacial score (nSPS) is 10.0. The van der Waals surface area contributed by atoms with Gasteiger partial charge in [0.1, 0.15) is 5.82 Å². The summed E-state index contributed by atoms with van der Waals surface area (Å²) in [5, 5.41) is 2.63. The first-order chi connectivity index (χ1) is 7.50. The van der Waals surface area contributed by atoms with Crippen LogP contribution in [0, 0.1) is 11.6 Å². The average Bonchev–Trinajstić information content (AvgIpc) is 2.20. The lowest BCUT2D eigenvalue weighted by Crippen LogP contribution is -2.24. The summed E-state index contributed by atoms with van der Waals surface area (Å²) in [6.45, 7) is 0.257. The molecule has 1 heterocycles. The third kappa shape index (κ3) is 3.45. The van der Waals surface area contributed by atoms with Gasteiger partial charge in [-0.2, -0.15) is 0 Å². The minimum Gasteiger partial charge on any atom is -0.367 e. The van der Waals surface area contributed by atoms with Gasteiger partial charge in [-0.25, -0.2) is 13.8 Å². The molecule has 0 aliphatic heterocycles. The van der Waals surface area contributed by atoms with Crippen LogP contribution in [-0.4, -0.2) is 36.4 Å². The Kier molecular flexibility index (Phi) is 4.16. The zero-order chi connectivity index (χ0) is 12.1. The fraction of sp³-hybridized carbons (Fsp3) is 0.400. The molecule has 1 rings (SSSR count). The van der Waals surface area contributed by atoms with Crippen LogP contribution in [0.5, 0.6) is 0 Å². The van der Waals surface area contributed by atoms with Crippen molar-refractivity contribution in [3.8, 4) is 0 Å². The zero-order valence-electron chi connectivity index (χ0n) is 9.13. The SMILES string of the molecule is CN(C)C(=O)CCNc1ncc(F)cc1F. The molecule has 0 unspecified atom stereocenters. The van der Waals surface area contributed by atoms with Crippen molar-refractivity contribution in [2.45, 2.75) is 6.42 Å². The van der Waals surface area contributed by atoms with Crippen molar-refractivity contribution < 1.29 is 13.6 Å². The van der Waals surface area contributed by atoms with Crippen LogP contribution < -0.4 is 5.32 Å². The van der Waals surface area contributed by atoms with E-state index in [-0.39, 0.29) is 24.7 Å². The number of nitrogens with zero attached hydrogens (tertiary/aromatic N) is 2. The number of hydrogen-bond acceptors (Lipinski definition) is 3. The standard InChI is InChI=1S/C10H13F2N3O/c1-15(2)9(16)3-4-13-10-8(12)5-7(11)6-14-10/h5-6H,3-4H2,1-2H3,(H,13,14). The predicted octanol–water partition coefficient (Wildman–Crippen LogP) is 1.25. The molecule has 1 aromatic heterocycles. The molecule has 88 valence electrons. The predicted molar refractivity (Wildman–Crippen MR) is 56.0 cm³/mol. The molecule has 0 aromatic carbocycles. The molecular weight excluding hydrogens is 216 g/mol. The van der Waals surface area contributed by atoms with Gasteiger partial charge in [0.05, 0.1) is 6.20 Å². The fourth-order valence-electron chi connectivity index (χ4n) is 1.06. The molecule has 0 fully saturated rings. The summed E-state index contributed by atoms with van der Waals surface area (Å²) in [4.78, 5) is 16.2. The summed E-state index contributed by atoms with van der Waals surface area (Å²) < 4.78 is 25.6. The van der Waals surface area contributed by atoms with Crippen molar-refractivity contribution in [1.82, 2.24) is 9.88 Å². The minimum atomic E-state index is -0.766. The van der Waals surface area contributed by atoms with Gasteiger partial charge in [0.25, 0.3) is 0 Å². The zero-order valence-corrected chi connectivity index (χ0v) is 9.13. The highest BCUT2D eigenvalue weighted by Gasteiger charge is 2.07. The summed E-state index contributed by atoms with van der Waals surface area (Å²) in [6.07, 6.45) is 1.14. The lowest BCUT2D eigenvalue weighted by atomic mass is 10.3. The lowest BCUT2D eigenvalue weighted by Gasteiger charge is -2.10. The highest BCUT2D eigenvalue weighted by atomic mass is 19.1. The van der Waals surface area contributed by atoms with Crippen molar-refractivity contribution in [3.05, 3.63) is 23.9 Å². The van der Waals surface area contributed by atoms with Crippen molar-refractivity contribution in [3.63, 3.8) is 0 Å². The Morgan fingerprint density at radius 1 is 1.50 bits per heavy atom. The maximum absolute atomic E-state index is 13.1. The molecule has 0 atom stereocenters. The van der Waals surface area contributed by atoms with E-state index in [2.05, 4.69) is 10.3 Å². The highest BCUT2D eigenvalue weighted by molar-refractivity contribution is 5.76. The molecule has 4 nitrogen and oxygen atoms in total. The number of carbonyl (C=O) groups is 1. The molecule has 1 amide bonds. The van der Waals surface area contributed by atoms with Crippen LogP contribution in [0.4, 0.5) is 14.6 Å². The van der Waals surface area contributed by atoms with E-state index in [9.17, 15) is 13.6 Å². The van der Waals surface area contributed by atoms with Crippen molar-refractivity contribution >= 4 is 11.7 Å². The quantitative estimate of drug-likeness (QED) is 0.845. The highest BCUT2D eigenvalue weighted by Crippen LogP contribution is 2.10. The molecular formula is C10H13F2N3O. The number of amides is 1. The third-order valence-corrected chi connectivity index (χ3v) is 1.94. The molecule has 0 aliphatic carbocycles. The third-order valence-electron chi connectivity index (χ3n) is 1.94. The summed E-state index contributed by atoms with van der Waals surface area (Å²) in [6, 6.07) is 0.739. The number of hydrogen-bond donors (Lipinski definition) is 1. The second-order valence-corrected chi connectivity index (χ2v) is 3.45. The van der Waals surface area contributed by atoms with Crippen LogP contribution in [0.15, 0.2) is 12.3 Å². The lowest BCUT2D eigenvalue weighted by molar-refractivity contribution is -0.128. The Morgan fingerprint density at radius 3 is 2.75 bits per heavy atom. The van der Waals surface area contributed by atoms with Crippen LogP contribution in [0.25, 0.3) is 0 Å². The fourth-order valence-corrected chi connectivity index (χ4v) is 1.06. The van der Waals surface area contributed by atoms with Gasteiger partial charge in [0.15, 0.2) is 11.6 Å². The Bertz CT molecular complexity index is 382. The molecule has 0 saturated heterocycles. The molecule has 0 bridgehead atoms. The van der Waals surface area contributed by atoms with Gasteiger partial charge < -0.3 is 10.2 Å². The van der Waals surface area contributed by atoms with Crippen LogP contribution in [-0.2, 0) is 4.79 Å². The van der Waals surface area contributed by atoms with E-state index in [0.717, 1.165) is 12.3 Å². The second kappa shape index (κ2) is 5.39. The van der Waals surface area contributed by atoms with Crippen molar-refractivity contribution in [2.75, 3.05) is 26.0 Å². The van der Waals surface area contributed by atoms with E-state index >= 15 is 0 Å². The van der Waals surface area contributed by atoms with Gasteiger partial charge >= 0.3 is 0 Å². The summed E-state index contributed by atoms with van der Waals surface area (Å²) in [7, 11) is 3.28. The van der Waals surface area contributed by atoms with Gasteiger partial charge in [0.2, 0.25) is 5.91 Å². The number of anilines is 1. The molecule has 0 radical (unpaired) electrons. The van der Waals surface area contributed by atoms with Crippen molar-refractivity contribution in [1.29, 1.82) is 0 Å². The summed E-state index contributed by atoms with van der Waals surface area (Å²) in [5.41, 5.74) is 0. The Morgan fingerprint density at radius 2 is 2.19 bits per heavy atom. The van der Waals surface area contributed by atoms with Gasteiger partial charge in [-0.15, -0.1) is 0 Å². The number of carbonyl (C=O) groups excluding carboxylic acids is 1. The molecule has 6 heteroatoms. The number of halogens is 2. The van der Waals surface area contributed by atoms with Crippen LogP contribution in [0.3, 0.4) is 0 Å². The van der Waals surface area contributed by atoms with Gasteiger partial charge in [-0.3, -0.25) is 4.79 Å². The van der Waals surface area contributed by atoms with E-state index in [1.54, 1.807) is 14.1 Å². The summed E-state index contributed by atoms with van der Waals surface area (Å²) in [5.74, 6) is -1.62. The number of rotatable bonds is 4. The Labute approximate surface area is 92.3 Å². The molecule has 0 saturated carbocycles. The maximum atomic E-state index is 13.1. The molecule has 16 heavy (non-hydrogen) atoms. The second-order valence-electron chi connectivity index (χ2n) is 3.45. The van der Waals surface area contributed by atoms with Gasteiger partial charge in [-0.1, -0.05) is 0 Å². The average molecular weight is 229 g/mol. The first-order valence-corrected chi connectivity index (χ1v) is 4.76. The number of aromatic nitrogens is 1. The van der Waals surface area contributed by atoms with E-state index in [4.69, 9.17) is 0 Å². The van der Waals surface area contributed by atoms with Crippen LogP contribution in [0.1, 0.15) is 6.42 Å². The smallest absolute Gasteiger partial charge is 0.223 e. The Hall–Kier alpha value is -1.72. The Balaban J connectivity index is 2.46.